The van der Waals surface area contributed by atoms with E-state index in [1.165, 1.54) is 15.9 Å². The van der Waals surface area contributed by atoms with Crippen LogP contribution in [0.4, 0.5) is 0 Å². The Labute approximate surface area is 192 Å². The Morgan fingerprint density at radius 2 is 1.97 bits per heavy atom. The third-order valence-electron chi connectivity index (χ3n) is 4.90. The number of fused-ring (bicyclic) bond motifs is 1. The Hall–Kier alpha value is -2.67. The van der Waals surface area contributed by atoms with Crippen LogP contribution >= 0.6 is 34.5 Å². The van der Waals surface area contributed by atoms with Gasteiger partial charge in [0, 0.05) is 15.7 Å². The molecule has 0 radical (unpaired) electrons. The maximum absolute atomic E-state index is 13.2. The molecule has 0 bridgehead atoms. The van der Waals surface area contributed by atoms with Gasteiger partial charge < -0.3 is 4.74 Å². The first-order chi connectivity index (χ1) is 14.9. The van der Waals surface area contributed by atoms with E-state index in [0.717, 1.165) is 5.56 Å². The van der Waals surface area contributed by atoms with Crippen LogP contribution in [0.3, 0.4) is 0 Å². The molecule has 0 saturated heterocycles. The summed E-state index contributed by atoms with van der Waals surface area (Å²) in [6.07, 6.45) is 1.71. The molecule has 8 heteroatoms. The number of hydrogen-bond donors (Lipinski definition) is 0. The van der Waals surface area contributed by atoms with Crippen molar-refractivity contribution in [3.05, 3.63) is 95.0 Å². The van der Waals surface area contributed by atoms with E-state index >= 15 is 0 Å². The average Bonchev–Trinajstić information content (AvgIpc) is 3.06. The summed E-state index contributed by atoms with van der Waals surface area (Å²) >= 11 is 13.5. The maximum atomic E-state index is 13.2. The molecule has 1 atom stereocenters. The zero-order chi connectivity index (χ0) is 22.1. The molecule has 1 aliphatic heterocycles. The van der Waals surface area contributed by atoms with Crippen LogP contribution in [-0.4, -0.2) is 17.1 Å². The number of thiazole rings is 1. The molecule has 3 aromatic rings. The minimum Gasteiger partial charge on any atom is -0.463 e. The summed E-state index contributed by atoms with van der Waals surface area (Å²) in [5.74, 6) is -0.479. The van der Waals surface area contributed by atoms with Crippen LogP contribution in [-0.2, 0) is 9.53 Å². The van der Waals surface area contributed by atoms with E-state index in [1.54, 1.807) is 38.1 Å². The van der Waals surface area contributed by atoms with Crippen LogP contribution in [0.5, 0.6) is 0 Å². The number of aromatic nitrogens is 1. The quantitative estimate of drug-likeness (QED) is 0.534. The fourth-order valence-corrected chi connectivity index (χ4v) is 4.95. The molecule has 1 aromatic heterocycles. The van der Waals surface area contributed by atoms with Gasteiger partial charge in [0.2, 0.25) is 0 Å². The second-order valence-electron chi connectivity index (χ2n) is 6.86. The summed E-state index contributed by atoms with van der Waals surface area (Å²) in [7, 11) is 0. The van der Waals surface area contributed by atoms with Crippen molar-refractivity contribution < 1.29 is 9.53 Å². The number of rotatable bonds is 4. The highest BCUT2D eigenvalue weighted by atomic mass is 35.5. The zero-order valence-electron chi connectivity index (χ0n) is 16.8. The van der Waals surface area contributed by atoms with E-state index in [0.29, 0.717) is 36.2 Å². The number of hydrogen-bond acceptors (Lipinski definition) is 5. The molecule has 4 rings (SSSR count). The zero-order valence-corrected chi connectivity index (χ0v) is 19.1. The van der Waals surface area contributed by atoms with Crippen molar-refractivity contribution in [2.24, 2.45) is 4.99 Å². The van der Waals surface area contributed by atoms with Crippen molar-refractivity contribution in [3.8, 4) is 0 Å². The monoisotopic (exact) mass is 472 g/mol. The Bertz CT molecular complexity index is 1370. The molecule has 0 N–H and O–H groups in total. The lowest BCUT2D eigenvalue weighted by Gasteiger charge is -2.22. The predicted molar refractivity (Wildman–Crippen MR) is 124 cm³/mol. The van der Waals surface area contributed by atoms with E-state index in [9.17, 15) is 9.59 Å². The molecule has 0 amide bonds. The highest BCUT2D eigenvalue weighted by Crippen LogP contribution is 2.32. The Kier molecular flexibility index (Phi) is 6.14. The van der Waals surface area contributed by atoms with Gasteiger partial charge in [-0.3, -0.25) is 9.36 Å². The number of halogens is 2. The van der Waals surface area contributed by atoms with Crippen molar-refractivity contribution in [1.82, 2.24) is 4.57 Å². The Morgan fingerprint density at radius 3 is 2.65 bits per heavy atom. The largest absolute Gasteiger partial charge is 0.463 e. The standard InChI is InChI=1S/C23H18Cl2N2O3S/c1-3-30-22(29)19-13(2)27-21(28)18(11-15-9-10-16(24)12-17(15)25)31-23(27)26-20(19)14-7-5-4-6-8-14/h4-12,20H,3H2,1-2H3/b18-11-/t20-/m0/s1. The van der Waals surface area contributed by atoms with Gasteiger partial charge in [0.05, 0.1) is 16.7 Å². The number of carbonyl (C=O) groups is 1. The topological polar surface area (TPSA) is 60.7 Å². The minimum absolute atomic E-state index is 0.233. The van der Waals surface area contributed by atoms with E-state index < -0.39 is 12.0 Å². The van der Waals surface area contributed by atoms with Crippen LogP contribution in [0.25, 0.3) is 11.8 Å². The maximum Gasteiger partial charge on any atom is 0.338 e. The fourth-order valence-electron chi connectivity index (χ4n) is 3.45. The van der Waals surface area contributed by atoms with E-state index in [-0.39, 0.29) is 12.2 Å². The molecule has 0 saturated carbocycles. The first kappa shape index (κ1) is 21.6. The molecule has 31 heavy (non-hydrogen) atoms. The number of esters is 1. The molecule has 2 aromatic carbocycles. The lowest BCUT2D eigenvalue weighted by molar-refractivity contribution is -0.138. The third-order valence-corrected chi connectivity index (χ3v) is 6.45. The first-order valence-electron chi connectivity index (χ1n) is 9.60. The van der Waals surface area contributed by atoms with Crippen molar-refractivity contribution in [3.63, 3.8) is 0 Å². The molecule has 5 nitrogen and oxygen atoms in total. The highest BCUT2D eigenvalue weighted by molar-refractivity contribution is 7.07. The molecule has 0 unspecified atom stereocenters. The first-order valence-corrected chi connectivity index (χ1v) is 11.2. The van der Waals surface area contributed by atoms with Crippen molar-refractivity contribution in [2.45, 2.75) is 19.9 Å². The van der Waals surface area contributed by atoms with Crippen LogP contribution in [0.15, 0.2) is 63.9 Å². The van der Waals surface area contributed by atoms with Crippen LogP contribution in [0.1, 0.15) is 31.0 Å². The molecular formula is C23H18Cl2N2O3S. The average molecular weight is 473 g/mol. The van der Waals surface area contributed by atoms with E-state index in [1.807, 2.05) is 30.3 Å². The number of nitrogens with zero attached hydrogens (tertiary/aromatic N) is 2. The van der Waals surface area contributed by atoms with Gasteiger partial charge >= 0.3 is 5.97 Å². The summed E-state index contributed by atoms with van der Waals surface area (Å²) in [4.78, 5) is 31.3. The summed E-state index contributed by atoms with van der Waals surface area (Å²) in [6.45, 7) is 3.72. The van der Waals surface area contributed by atoms with Crippen LogP contribution < -0.4 is 14.9 Å². The van der Waals surface area contributed by atoms with Gasteiger partial charge in [0.15, 0.2) is 4.80 Å². The predicted octanol–water partition coefficient (Wildman–Crippen LogP) is 4.21. The second kappa shape index (κ2) is 8.83. The number of ether oxygens (including phenoxy) is 1. The SMILES string of the molecule is CCOC(=O)C1=C(C)n2c(s/c(=C\c3ccc(Cl)cc3Cl)c2=O)=N[C@H]1c1ccccc1. The number of allylic oxidation sites excluding steroid dienone is 1. The minimum atomic E-state index is -0.551. The second-order valence-corrected chi connectivity index (χ2v) is 8.71. The van der Waals surface area contributed by atoms with Gasteiger partial charge in [-0.15, -0.1) is 0 Å². The summed E-state index contributed by atoms with van der Waals surface area (Å²) < 4.78 is 7.20. The number of carbonyl (C=O) groups excluding carboxylic acids is 1. The molecule has 2 heterocycles. The smallest absolute Gasteiger partial charge is 0.338 e. The summed E-state index contributed by atoms with van der Waals surface area (Å²) in [5.41, 5.74) is 2.13. The van der Waals surface area contributed by atoms with Crippen molar-refractivity contribution >= 4 is 52.3 Å². The molecule has 0 fully saturated rings. The van der Waals surface area contributed by atoms with Gasteiger partial charge in [-0.1, -0.05) is 70.9 Å². The fraction of sp³-hybridized carbons (Fsp3) is 0.174. The third kappa shape index (κ3) is 4.11. The Morgan fingerprint density at radius 1 is 1.23 bits per heavy atom. The Balaban J connectivity index is 1.95. The molecule has 0 aliphatic carbocycles. The van der Waals surface area contributed by atoms with E-state index in [2.05, 4.69) is 0 Å². The lowest BCUT2D eigenvalue weighted by Crippen LogP contribution is -2.35. The van der Waals surface area contributed by atoms with Gasteiger partial charge in [0.1, 0.15) is 6.04 Å². The lowest BCUT2D eigenvalue weighted by atomic mass is 9.97. The van der Waals surface area contributed by atoms with Crippen LogP contribution in [0, 0.1) is 0 Å². The molecule has 158 valence electrons. The molecular weight excluding hydrogens is 455 g/mol. The van der Waals surface area contributed by atoms with Crippen molar-refractivity contribution in [2.75, 3.05) is 6.61 Å². The van der Waals surface area contributed by atoms with Gasteiger partial charge in [-0.2, -0.15) is 0 Å². The van der Waals surface area contributed by atoms with E-state index in [4.69, 9.17) is 32.9 Å². The van der Waals surface area contributed by atoms with Gasteiger partial charge in [0.25, 0.3) is 5.56 Å². The normalized spacial score (nSPS) is 16.1. The van der Waals surface area contributed by atoms with Gasteiger partial charge in [-0.25, -0.2) is 9.79 Å². The molecule has 1 aliphatic rings. The van der Waals surface area contributed by atoms with Gasteiger partial charge in [-0.05, 0) is 43.2 Å². The summed E-state index contributed by atoms with van der Waals surface area (Å²) in [6, 6.07) is 14.0. The molecule has 0 spiro atoms. The summed E-state index contributed by atoms with van der Waals surface area (Å²) in [5, 5.41) is 0.963. The highest BCUT2D eigenvalue weighted by Gasteiger charge is 2.31. The van der Waals surface area contributed by atoms with Crippen LogP contribution in [0.2, 0.25) is 10.0 Å². The van der Waals surface area contributed by atoms with Crippen molar-refractivity contribution in [1.29, 1.82) is 0 Å². The number of benzene rings is 2.